The zero-order chi connectivity index (χ0) is 15.6. The predicted octanol–water partition coefficient (Wildman–Crippen LogP) is 1.61. The Balaban J connectivity index is 2.50. The summed E-state index contributed by atoms with van der Waals surface area (Å²) in [6.45, 7) is 3.56. The number of nitro benzene ring substituents is 1. The maximum atomic E-state index is 11.6. The van der Waals surface area contributed by atoms with E-state index in [1.807, 2.05) is 11.8 Å². The molecule has 8 heteroatoms. The Labute approximate surface area is 123 Å². The van der Waals surface area contributed by atoms with Crippen molar-refractivity contribution in [2.45, 2.75) is 24.3 Å². The number of hydrogen-bond donors (Lipinski definition) is 0. The molecule has 1 aromatic carbocycles. The van der Waals surface area contributed by atoms with Gasteiger partial charge in [-0.25, -0.2) is 8.42 Å². The lowest BCUT2D eigenvalue weighted by Crippen LogP contribution is -2.45. The second kappa shape index (κ2) is 5.98. The quantitative estimate of drug-likeness (QED) is 0.619. The number of hydrogen-bond acceptors (Lipinski definition) is 6. The summed E-state index contributed by atoms with van der Waals surface area (Å²) in [5, 5.41) is 11.3. The number of rotatable bonds is 4. The third-order valence-corrected chi connectivity index (χ3v) is 4.69. The molecule has 21 heavy (non-hydrogen) atoms. The number of anilines is 1. The van der Waals surface area contributed by atoms with Gasteiger partial charge in [0.25, 0.3) is 5.69 Å². The van der Waals surface area contributed by atoms with Crippen molar-refractivity contribution < 1.29 is 18.1 Å². The van der Waals surface area contributed by atoms with Crippen LogP contribution in [0.5, 0.6) is 0 Å². The van der Waals surface area contributed by atoms with Crippen molar-refractivity contribution in [1.82, 2.24) is 0 Å². The summed E-state index contributed by atoms with van der Waals surface area (Å²) < 4.78 is 28.5. The van der Waals surface area contributed by atoms with E-state index in [9.17, 15) is 18.5 Å². The van der Waals surface area contributed by atoms with Crippen molar-refractivity contribution in [1.29, 1.82) is 0 Å². The van der Waals surface area contributed by atoms with Gasteiger partial charge in [0.1, 0.15) is 5.69 Å². The van der Waals surface area contributed by atoms with Gasteiger partial charge in [-0.1, -0.05) is 6.92 Å². The SMILES string of the molecule is CCC1COCCN1c1ccc(S(C)(=O)=O)cc1[N+](=O)[O-]. The summed E-state index contributed by atoms with van der Waals surface area (Å²) in [6.07, 6.45) is 1.83. The van der Waals surface area contributed by atoms with Crippen LogP contribution in [0.2, 0.25) is 0 Å². The Hall–Kier alpha value is -1.67. The first-order chi connectivity index (χ1) is 9.84. The molecule has 0 aromatic heterocycles. The molecule has 1 unspecified atom stereocenters. The summed E-state index contributed by atoms with van der Waals surface area (Å²) >= 11 is 0. The van der Waals surface area contributed by atoms with Gasteiger partial charge in [-0.05, 0) is 18.6 Å². The van der Waals surface area contributed by atoms with Gasteiger partial charge in [0.05, 0.1) is 29.1 Å². The first kappa shape index (κ1) is 15.7. The molecular formula is C13H18N2O5S. The Bertz CT molecular complexity index is 644. The first-order valence-electron chi connectivity index (χ1n) is 6.67. The molecule has 0 amide bonds. The van der Waals surface area contributed by atoms with Gasteiger partial charge >= 0.3 is 0 Å². The molecular weight excluding hydrogens is 296 g/mol. The highest BCUT2D eigenvalue weighted by Gasteiger charge is 2.28. The lowest BCUT2D eigenvalue weighted by molar-refractivity contribution is -0.384. The monoisotopic (exact) mass is 314 g/mol. The molecule has 1 aliphatic rings. The Morgan fingerprint density at radius 1 is 1.48 bits per heavy atom. The standard InChI is InChI=1S/C13H18N2O5S/c1-3-10-9-20-7-6-14(10)12-5-4-11(21(2,18)19)8-13(12)15(16)17/h4-5,8,10H,3,6-7,9H2,1-2H3. The lowest BCUT2D eigenvalue weighted by Gasteiger charge is -2.36. The normalized spacial score (nSPS) is 19.5. The third-order valence-electron chi connectivity index (χ3n) is 3.58. The smallest absolute Gasteiger partial charge is 0.293 e. The summed E-state index contributed by atoms with van der Waals surface area (Å²) in [7, 11) is -3.47. The molecule has 0 bridgehead atoms. The maximum absolute atomic E-state index is 11.6. The van der Waals surface area contributed by atoms with Gasteiger partial charge in [-0.3, -0.25) is 10.1 Å². The molecule has 0 N–H and O–H groups in total. The molecule has 1 heterocycles. The molecule has 116 valence electrons. The van der Waals surface area contributed by atoms with Crippen LogP contribution in [0.3, 0.4) is 0 Å². The molecule has 0 spiro atoms. The second-order valence-corrected chi connectivity index (χ2v) is 7.03. The van der Waals surface area contributed by atoms with Crippen molar-refractivity contribution in [2.75, 3.05) is 30.9 Å². The fraction of sp³-hybridized carbons (Fsp3) is 0.538. The van der Waals surface area contributed by atoms with Crippen LogP contribution in [-0.4, -0.2) is 45.4 Å². The zero-order valence-corrected chi connectivity index (χ0v) is 12.8. The van der Waals surface area contributed by atoms with Crippen LogP contribution in [-0.2, 0) is 14.6 Å². The molecule has 1 fully saturated rings. The van der Waals surface area contributed by atoms with E-state index in [0.29, 0.717) is 25.4 Å². The highest BCUT2D eigenvalue weighted by atomic mass is 32.2. The van der Waals surface area contributed by atoms with Crippen molar-refractivity contribution in [3.05, 3.63) is 28.3 Å². The summed E-state index contributed by atoms with van der Waals surface area (Å²) in [6, 6.07) is 4.12. The van der Waals surface area contributed by atoms with Crippen molar-refractivity contribution in [2.24, 2.45) is 0 Å². The van der Waals surface area contributed by atoms with Gasteiger partial charge in [-0.2, -0.15) is 0 Å². The highest BCUT2D eigenvalue weighted by Crippen LogP contribution is 2.33. The largest absolute Gasteiger partial charge is 0.377 e. The number of ether oxygens (including phenoxy) is 1. The van der Waals surface area contributed by atoms with Gasteiger partial charge in [0, 0.05) is 18.9 Å². The minimum absolute atomic E-state index is 0.0424. The molecule has 1 saturated heterocycles. The van der Waals surface area contributed by atoms with Crippen LogP contribution < -0.4 is 4.90 Å². The minimum atomic E-state index is -3.47. The number of nitrogens with zero attached hydrogens (tertiary/aromatic N) is 2. The Kier molecular flexibility index (Phi) is 4.48. The summed E-state index contributed by atoms with van der Waals surface area (Å²) in [5.74, 6) is 0. The van der Waals surface area contributed by atoms with Crippen LogP contribution in [0.4, 0.5) is 11.4 Å². The molecule has 1 aromatic rings. The van der Waals surface area contributed by atoms with Crippen LogP contribution in [0.25, 0.3) is 0 Å². The highest BCUT2D eigenvalue weighted by molar-refractivity contribution is 7.90. The number of morpholine rings is 1. The fourth-order valence-electron chi connectivity index (χ4n) is 2.43. The number of sulfone groups is 1. The van der Waals surface area contributed by atoms with E-state index in [-0.39, 0.29) is 16.6 Å². The van der Waals surface area contributed by atoms with Gasteiger partial charge in [0.2, 0.25) is 0 Å². The lowest BCUT2D eigenvalue weighted by atomic mass is 10.1. The van der Waals surface area contributed by atoms with Crippen molar-refractivity contribution in [3.8, 4) is 0 Å². The van der Waals surface area contributed by atoms with Crippen LogP contribution in [0.1, 0.15) is 13.3 Å². The molecule has 0 saturated carbocycles. The van der Waals surface area contributed by atoms with Gasteiger partial charge in [0.15, 0.2) is 9.84 Å². The summed E-state index contributed by atoms with van der Waals surface area (Å²) in [5.41, 5.74) is 0.265. The maximum Gasteiger partial charge on any atom is 0.293 e. The number of nitro groups is 1. The van der Waals surface area contributed by atoms with E-state index in [1.165, 1.54) is 12.1 Å². The van der Waals surface area contributed by atoms with Crippen molar-refractivity contribution in [3.63, 3.8) is 0 Å². The van der Waals surface area contributed by atoms with Crippen molar-refractivity contribution >= 4 is 21.2 Å². The van der Waals surface area contributed by atoms with E-state index in [1.54, 1.807) is 0 Å². The number of benzene rings is 1. The zero-order valence-electron chi connectivity index (χ0n) is 12.0. The summed E-state index contributed by atoms with van der Waals surface area (Å²) in [4.78, 5) is 12.6. The van der Waals surface area contributed by atoms with E-state index in [2.05, 4.69) is 0 Å². The minimum Gasteiger partial charge on any atom is -0.377 e. The topological polar surface area (TPSA) is 89.8 Å². The molecule has 1 atom stereocenters. The van der Waals surface area contributed by atoms with Crippen LogP contribution in [0, 0.1) is 10.1 Å². The Morgan fingerprint density at radius 2 is 2.19 bits per heavy atom. The first-order valence-corrected chi connectivity index (χ1v) is 8.56. The van der Waals surface area contributed by atoms with E-state index in [0.717, 1.165) is 18.7 Å². The molecule has 0 radical (unpaired) electrons. The van der Waals surface area contributed by atoms with Crippen LogP contribution in [0.15, 0.2) is 23.1 Å². The molecule has 0 aliphatic carbocycles. The van der Waals surface area contributed by atoms with E-state index in [4.69, 9.17) is 4.74 Å². The molecule has 7 nitrogen and oxygen atoms in total. The third kappa shape index (κ3) is 3.33. The van der Waals surface area contributed by atoms with Gasteiger partial charge < -0.3 is 9.64 Å². The van der Waals surface area contributed by atoms with Gasteiger partial charge in [-0.15, -0.1) is 0 Å². The average Bonchev–Trinajstić information content (AvgIpc) is 2.45. The Morgan fingerprint density at radius 3 is 2.76 bits per heavy atom. The van der Waals surface area contributed by atoms with E-state index < -0.39 is 14.8 Å². The molecule has 2 rings (SSSR count). The average molecular weight is 314 g/mol. The molecule has 1 aliphatic heterocycles. The van der Waals surface area contributed by atoms with Crippen LogP contribution >= 0.6 is 0 Å². The van der Waals surface area contributed by atoms with E-state index >= 15 is 0 Å². The predicted molar refractivity (Wildman–Crippen MR) is 78.5 cm³/mol. The second-order valence-electron chi connectivity index (χ2n) is 5.01. The fourth-order valence-corrected chi connectivity index (χ4v) is 3.07.